The van der Waals surface area contributed by atoms with Crippen LogP contribution in [0.4, 0.5) is 11.4 Å². The second-order valence-electron chi connectivity index (χ2n) is 5.76. The van der Waals surface area contributed by atoms with E-state index in [1.165, 1.54) is 19.3 Å². The molecule has 1 aliphatic carbocycles. The zero-order valence-electron chi connectivity index (χ0n) is 11.9. The molecule has 2 rings (SSSR count). The summed E-state index contributed by atoms with van der Waals surface area (Å²) in [4.78, 5) is 13.5. The predicted molar refractivity (Wildman–Crippen MR) is 79.3 cm³/mol. The molecule has 1 aromatic carbocycles. The number of anilines is 2. The van der Waals surface area contributed by atoms with Crippen LogP contribution in [-0.4, -0.2) is 30.9 Å². The minimum absolute atomic E-state index is 0.00263. The number of benzene rings is 1. The van der Waals surface area contributed by atoms with Crippen LogP contribution in [0.5, 0.6) is 0 Å². The maximum absolute atomic E-state index is 12.0. The van der Waals surface area contributed by atoms with Crippen LogP contribution >= 0.6 is 0 Å². The number of nitrogens with two attached hydrogens (primary N) is 1. The predicted octanol–water partition coefficient (Wildman–Crippen LogP) is 2.57. The lowest BCUT2D eigenvalue weighted by molar-refractivity contribution is 0.0827. The molecular weight excluding hydrogens is 238 g/mol. The van der Waals surface area contributed by atoms with Gasteiger partial charge in [-0.05, 0) is 43.4 Å². The molecule has 1 aliphatic rings. The fraction of sp³-hybridized carbons (Fsp3) is 0.533. The monoisotopic (exact) mass is 261 g/mol. The van der Waals surface area contributed by atoms with Gasteiger partial charge in [0.25, 0.3) is 5.91 Å². The Morgan fingerprint density at radius 2 is 2.11 bits per heavy atom. The smallest absolute Gasteiger partial charge is 0.253 e. The fourth-order valence-corrected chi connectivity index (χ4v) is 2.63. The number of carbonyl (C=O) groups is 1. The zero-order valence-corrected chi connectivity index (χ0v) is 11.9. The fourth-order valence-electron chi connectivity index (χ4n) is 2.63. The van der Waals surface area contributed by atoms with Gasteiger partial charge in [0.15, 0.2) is 0 Å². The first-order valence-corrected chi connectivity index (χ1v) is 6.85. The number of rotatable bonds is 3. The summed E-state index contributed by atoms with van der Waals surface area (Å²) >= 11 is 0. The Balaban J connectivity index is 2.15. The van der Waals surface area contributed by atoms with Crippen LogP contribution in [-0.2, 0) is 0 Å². The molecule has 1 fully saturated rings. The van der Waals surface area contributed by atoms with Gasteiger partial charge in [0.2, 0.25) is 0 Å². The Morgan fingerprint density at radius 1 is 1.37 bits per heavy atom. The molecule has 0 bridgehead atoms. The van der Waals surface area contributed by atoms with Gasteiger partial charge >= 0.3 is 0 Å². The van der Waals surface area contributed by atoms with E-state index in [1.807, 2.05) is 6.07 Å². The number of carbonyl (C=O) groups excluding carboxylic acids is 1. The summed E-state index contributed by atoms with van der Waals surface area (Å²) in [7, 11) is 3.51. The molecule has 19 heavy (non-hydrogen) atoms. The van der Waals surface area contributed by atoms with Crippen LogP contribution < -0.4 is 11.1 Å². The third-order valence-electron chi connectivity index (χ3n) is 3.76. The average molecular weight is 261 g/mol. The minimum atomic E-state index is 0.00263. The molecule has 0 radical (unpaired) electrons. The highest BCUT2D eigenvalue weighted by atomic mass is 16.2. The van der Waals surface area contributed by atoms with Gasteiger partial charge < -0.3 is 16.0 Å². The van der Waals surface area contributed by atoms with Crippen molar-refractivity contribution >= 4 is 17.3 Å². The maximum atomic E-state index is 12.0. The lowest BCUT2D eigenvalue weighted by atomic mass is 10.1. The first-order valence-electron chi connectivity index (χ1n) is 6.85. The standard InChI is InChI=1S/C15H23N3O/c1-10-4-6-12(8-10)17-14-9-11(5-7-13(14)16)15(19)18(2)3/h5,7,9-10,12,17H,4,6,8,16H2,1-3H3. The summed E-state index contributed by atoms with van der Waals surface area (Å²) in [5, 5.41) is 3.48. The summed E-state index contributed by atoms with van der Waals surface area (Å²) < 4.78 is 0. The van der Waals surface area contributed by atoms with Gasteiger partial charge in [-0.2, -0.15) is 0 Å². The molecule has 0 aliphatic heterocycles. The number of amides is 1. The molecule has 1 aromatic rings. The molecule has 4 heteroatoms. The van der Waals surface area contributed by atoms with Gasteiger partial charge in [0, 0.05) is 25.7 Å². The van der Waals surface area contributed by atoms with Crippen molar-refractivity contribution in [2.24, 2.45) is 5.92 Å². The first-order chi connectivity index (χ1) is 8.97. The second kappa shape index (κ2) is 5.51. The van der Waals surface area contributed by atoms with Crippen LogP contribution in [0, 0.1) is 5.92 Å². The van der Waals surface area contributed by atoms with E-state index in [0.717, 1.165) is 11.6 Å². The third kappa shape index (κ3) is 3.19. The van der Waals surface area contributed by atoms with E-state index in [0.29, 0.717) is 17.3 Å². The van der Waals surface area contributed by atoms with Crippen LogP contribution in [0.1, 0.15) is 36.5 Å². The van der Waals surface area contributed by atoms with Crippen LogP contribution in [0.2, 0.25) is 0 Å². The highest BCUT2D eigenvalue weighted by Crippen LogP contribution is 2.30. The normalized spacial score (nSPS) is 22.3. The number of hydrogen-bond donors (Lipinski definition) is 2. The van der Waals surface area contributed by atoms with Crippen LogP contribution in [0.3, 0.4) is 0 Å². The van der Waals surface area contributed by atoms with Crippen molar-refractivity contribution in [2.45, 2.75) is 32.2 Å². The van der Waals surface area contributed by atoms with Gasteiger partial charge in [-0.15, -0.1) is 0 Å². The van der Waals surface area contributed by atoms with Crippen molar-refractivity contribution in [2.75, 3.05) is 25.1 Å². The molecule has 0 saturated heterocycles. The van der Waals surface area contributed by atoms with E-state index in [2.05, 4.69) is 12.2 Å². The highest BCUT2D eigenvalue weighted by molar-refractivity contribution is 5.95. The van der Waals surface area contributed by atoms with Crippen molar-refractivity contribution in [3.63, 3.8) is 0 Å². The molecule has 3 N–H and O–H groups in total. The summed E-state index contributed by atoms with van der Waals surface area (Å²) in [6.45, 7) is 2.27. The van der Waals surface area contributed by atoms with Crippen molar-refractivity contribution in [1.82, 2.24) is 4.90 Å². The molecule has 0 spiro atoms. The number of nitrogens with zero attached hydrogens (tertiary/aromatic N) is 1. The molecule has 2 atom stereocenters. The largest absolute Gasteiger partial charge is 0.397 e. The Hall–Kier alpha value is -1.71. The van der Waals surface area contributed by atoms with E-state index in [-0.39, 0.29) is 5.91 Å². The Kier molecular flexibility index (Phi) is 3.98. The van der Waals surface area contributed by atoms with Crippen molar-refractivity contribution in [3.8, 4) is 0 Å². The molecule has 1 saturated carbocycles. The Bertz CT molecular complexity index is 470. The second-order valence-corrected chi connectivity index (χ2v) is 5.76. The minimum Gasteiger partial charge on any atom is -0.397 e. The van der Waals surface area contributed by atoms with Gasteiger partial charge in [0.1, 0.15) is 0 Å². The molecule has 2 unspecified atom stereocenters. The highest BCUT2D eigenvalue weighted by Gasteiger charge is 2.22. The topological polar surface area (TPSA) is 58.4 Å². The molecular formula is C15H23N3O. The van der Waals surface area contributed by atoms with E-state index < -0.39 is 0 Å². The average Bonchev–Trinajstić information content (AvgIpc) is 2.76. The lowest BCUT2D eigenvalue weighted by Gasteiger charge is -2.17. The van der Waals surface area contributed by atoms with E-state index in [9.17, 15) is 4.79 Å². The molecule has 4 nitrogen and oxygen atoms in total. The Labute approximate surface area is 115 Å². The van der Waals surface area contributed by atoms with Crippen molar-refractivity contribution < 1.29 is 4.79 Å². The van der Waals surface area contributed by atoms with Gasteiger partial charge in [-0.25, -0.2) is 0 Å². The zero-order chi connectivity index (χ0) is 14.0. The van der Waals surface area contributed by atoms with Gasteiger partial charge in [-0.3, -0.25) is 4.79 Å². The van der Waals surface area contributed by atoms with E-state index in [1.54, 1.807) is 31.1 Å². The number of nitrogens with one attached hydrogen (secondary N) is 1. The van der Waals surface area contributed by atoms with E-state index >= 15 is 0 Å². The lowest BCUT2D eigenvalue weighted by Crippen LogP contribution is -2.22. The maximum Gasteiger partial charge on any atom is 0.253 e. The summed E-state index contributed by atoms with van der Waals surface area (Å²) in [6, 6.07) is 5.92. The van der Waals surface area contributed by atoms with Crippen molar-refractivity contribution in [1.29, 1.82) is 0 Å². The van der Waals surface area contributed by atoms with Gasteiger partial charge in [-0.1, -0.05) is 6.92 Å². The van der Waals surface area contributed by atoms with Crippen molar-refractivity contribution in [3.05, 3.63) is 23.8 Å². The third-order valence-corrected chi connectivity index (χ3v) is 3.76. The first kappa shape index (κ1) is 13.7. The SMILES string of the molecule is CC1CCC(Nc2cc(C(=O)N(C)C)ccc2N)C1. The van der Waals surface area contributed by atoms with E-state index in [4.69, 9.17) is 5.73 Å². The summed E-state index contributed by atoms with van der Waals surface area (Å²) in [5.41, 5.74) is 8.25. The molecule has 104 valence electrons. The van der Waals surface area contributed by atoms with Gasteiger partial charge in [0.05, 0.1) is 11.4 Å². The van der Waals surface area contributed by atoms with Crippen LogP contribution in [0.15, 0.2) is 18.2 Å². The van der Waals surface area contributed by atoms with Crippen LogP contribution in [0.25, 0.3) is 0 Å². The number of hydrogen-bond acceptors (Lipinski definition) is 3. The molecule has 0 heterocycles. The Morgan fingerprint density at radius 3 is 2.68 bits per heavy atom. The quantitative estimate of drug-likeness (QED) is 0.822. The molecule has 0 aromatic heterocycles. The number of nitrogen functional groups attached to an aromatic ring is 1. The molecule has 1 amide bonds. The summed E-state index contributed by atoms with van der Waals surface area (Å²) in [6.07, 6.45) is 3.60. The summed E-state index contributed by atoms with van der Waals surface area (Å²) in [5.74, 6) is 0.771.